The molecule has 3 fully saturated rings. The molecule has 4 aliphatic rings. The molecule has 4 rings (SSSR count). The van der Waals surface area contributed by atoms with Gasteiger partial charge in [-0.1, -0.05) is 26.0 Å². The normalized spacial score (nSPS) is 43.7. The summed E-state index contributed by atoms with van der Waals surface area (Å²) in [5, 5.41) is 0. The van der Waals surface area contributed by atoms with E-state index >= 15 is 0 Å². The lowest BCUT2D eigenvalue weighted by atomic mass is 9.45. The Bertz CT molecular complexity index is 829. The number of allylic oxidation sites excluding steroid dienone is 2. The summed E-state index contributed by atoms with van der Waals surface area (Å²) in [6, 6.07) is 0. The van der Waals surface area contributed by atoms with Crippen molar-refractivity contribution in [3.05, 3.63) is 23.8 Å². The number of esters is 1. The maximum absolute atomic E-state index is 13.6. The van der Waals surface area contributed by atoms with Gasteiger partial charge in [0.1, 0.15) is 0 Å². The molecule has 0 aromatic rings. The van der Waals surface area contributed by atoms with Crippen LogP contribution in [0.5, 0.6) is 0 Å². The Labute approximate surface area is 171 Å². The van der Waals surface area contributed by atoms with Crippen LogP contribution >= 0.6 is 0 Å². The molecule has 0 saturated heterocycles. The minimum Gasteiger partial charge on any atom is -0.451 e. The molecular weight excluding hydrogens is 371 g/mol. The van der Waals surface area contributed by atoms with Crippen LogP contribution in [-0.4, -0.2) is 29.8 Å². The van der Waals surface area contributed by atoms with Crippen LogP contribution in [0.3, 0.4) is 0 Å². The molecule has 0 aliphatic heterocycles. The van der Waals surface area contributed by atoms with Gasteiger partial charge in [0.15, 0.2) is 18.1 Å². The summed E-state index contributed by atoms with van der Waals surface area (Å²) in [5.74, 6) is -0.0574. The van der Waals surface area contributed by atoms with E-state index in [9.17, 15) is 18.8 Å². The van der Waals surface area contributed by atoms with E-state index in [4.69, 9.17) is 4.74 Å². The van der Waals surface area contributed by atoms with Crippen molar-refractivity contribution >= 4 is 17.5 Å². The second-order valence-corrected chi connectivity index (χ2v) is 10.1. The van der Waals surface area contributed by atoms with E-state index in [2.05, 4.69) is 13.5 Å². The van der Waals surface area contributed by atoms with E-state index in [1.54, 1.807) is 6.08 Å². The first-order chi connectivity index (χ1) is 13.6. The highest BCUT2D eigenvalue weighted by Gasteiger charge is 2.68. The monoisotopic (exact) mass is 402 g/mol. The van der Waals surface area contributed by atoms with Crippen molar-refractivity contribution in [2.45, 2.75) is 71.3 Å². The first-order valence-electron chi connectivity index (χ1n) is 10.8. The molecule has 0 aromatic heterocycles. The van der Waals surface area contributed by atoms with Crippen molar-refractivity contribution < 1.29 is 23.5 Å². The Morgan fingerprint density at radius 2 is 1.90 bits per heavy atom. The van der Waals surface area contributed by atoms with Gasteiger partial charge < -0.3 is 4.74 Å². The average Bonchev–Trinajstić information content (AvgIpc) is 2.95. The quantitative estimate of drug-likeness (QED) is 0.651. The molecule has 0 aromatic carbocycles. The van der Waals surface area contributed by atoms with Gasteiger partial charge in [-0.3, -0.25) is 14.4 Å². The summed E-state index contributed by atoms with van der Waals surface area (Å²) in [6.45, 7) is 8.79. The Morgan fingerprint density at radius 1 is 1.21 bits per heavy atom. The fraction of sp³-hybridized carbons (Fsp3) is 0.708. The van der Waals surface area contributed by atoms with Gasteiger partial charge in [0.25, 0.3) is 0 Å². The predicted molar refractivity (Wildman–Crippen MR) is 107 cm³/mol. The third-order valence-corrected chi connectivity index (χ3v) is 8.94. The molecule has 4 nitrogen and oxygen atoms in total. The van der Waals surface area contributed by atoms with Gasteiger partial charge in [-0.25, -0.2) is 4.39 Å². The highest BCUT2D eigenvalue weighted by Crippen LogP contribution is 2.69. The van der Waals surface area contributed by atoms with E-state index in [-0.39, 0.29) is 17.1 Å². The SMILES string of the molecule is C=C1C[C@@H]2[C@H](CC[C@@]3(C)[C@H]2CC[C@]3(OC(C)=O)C(=O)CF)[C@@]2(C)CCC(=O)C=C12. The largest absolute Gasteiger partial charge is 0.451 e. The van der Waals surface area contributed by atoms with Crippen LogP contribution in [-0.2, 0) is 19.1 Å². The Balaban J connectivity index is 1.75. The number of ketones is 2. The van der Waals surface area contributed by atoms with Crippen molar-refractivity contribution in [3.8, 4) is 0 Å². The van der Waals surface area contributed by atoms with Crippen molar-refractivity contribution in [2.24, 2.45) is 28.6 Å². The number of ether oxygens (including phenoxy) is 1. The first kappa shape index (κ1) is 20.5. The lowest BCUT2D eigenvalue weighted by molar-refractivity contribution is -0.188. The summed E-state index contributed by atoms with van der Waals surface area (Å²) in [7, 11) is 0. The molecule has 6 atom stereocenters. The number of fused-ring (bicyclic) bond motifs is 5. The van der Waals surface area contributed by atoms with Gasteiger partial charge in [-0.2, -0.15) is 0 Å². The van der Waals surface area contributed by atoms with Crippen LogP contribution in [0.4, 0.5) is 4.39 Å². The Hall–Kier alpha value is -1.78. The lowest BCUT2D eigenvalue weighted by Gasteiger charge is -2.59. The van der Waals surface area contributed by atoms with E-state index in [1.165, 1.54) is 6.92 Å². The van der Waals surface area contributed by atoms with Gasteiger partial charge in [0.05, 0.1) is 0 Å². The van der Waals surface area contributed by atoms with Gasteiger partial charge in [-0.05, 0) is 73.3 Å². The van der Waals surface area contributed by atoms with Crippen LogP contribution in [0, 0.1) is 28.6 Å². The third kappa shape index (κ3) is 2.65. The van der Waals surface area contributed by atoms with Crippen molar-refractivity contribution in [2.75, 3.05) is 6.67 Å². The first-order valence-corrected chi connectivity index (χ1v) is 10.8. The van der Waals surface area contributed by atoms with E-state index in [1.807, 2.05) is 6.92 Å². The molecule has 158 valence electrons. The lowest BCUT2D eigenvalue weighted by Crippen LogP contribution is -2.59. The standard InChI is InChI=1S/C24H31FO4/c1-14-11-17-18(22(3)8-5-16(27)12-20(14)22)6-9-23(4)19(17)7-10-24(23,21(28)13-25)29-15(2)26/h12,17-19H,1,5-11,13H2,2-4H3/t17-,18+,19+,22-,23+,24+/m1/s1. The number of rotatable bonds is 3. The van der Waals surface area contributed by atoms with E-state index in [0.717, 1.165) is 43.3 Å². The molecule has 0 spiro atoms. The number of hydrogen-bond acceptors (Lipinski definition) is 4. The predicted octanol–water partition coefficient (Wildman–Crippen LogP) is 4.52. The maximum Gasteiger partial charge on any atom is 0.303 e. The van der Waals surface area contributed by atoms with Gasteiger partial charge in [0.2, 0.25) is 5.78 Å². The van der Waals surface area contributed by atoms with Gasteiger partial charge in [-0.15, -0.1) is 0 Å². The summed E-state index contributed by atoms with van der Waals surface area (Å²) in [5.41, 5.74) is 0.136. The number of carbonyl (C=O) groups excluding carboxylic acids is 3. The van der Waals surface area contributed by atoms with E-state index in [0.29, 0.717) is 24.7 Å². The fourth-order valence-electron chi connectivity index (χ4n) is 7.60. The average molecular weight is 403 g/mol. The number of halogens is 1. The molecule has 0 radical (unpaired) electrons. The molecule has 4 aliphatic carbocycles. The highest BCUT2D eigenvalue weighted by atomic mass is 19.1. The van der Waals surface area contributed by atoms with Gasteiger partial charge >= 0.3 is 5.97 Å². The molecule has 5 heteroatoms. The van der Waals surface area contributed by atoms with Crippen molar-refractivity contribution in [1.82, 2.24) is 0 Å². The summed E-state index contributed by atoms with van der Waals surface area (Å²) < 4.78 is 19.3. The minimum absolute atomic E-state index is 0.0774. The minimum atomic E-state index is -1.36. The number of Topliss-reactive ketones (excluding diaryl/α,β-unsaturated/α-hetero) is 1. The Morgan fingerprint density at radius 3 is 2.55 bits per heavy atom. The third-order valence-electron chi connectivity index (χ3n) is 8.94. The van der Waals surface area contributed by atoms with E-state index < -0.39 is 29.4 Å². The summed E-state index contributed by atoms with van der Waals surface area (Å²) in [4.78, 5) is 36.7. The van der Waals surface area contributed by atoms with Crippen molar-refractivity contribution in [3.63, 3.8) is 0 Å². The molecule has 0 N–H and O–H groups in total. The molecule has 3 saturated carbocycles. The van der Waals surface area contributed by atoms with Crippen LogP contribution in [0.15, 0.2) is 23.8 Å². The summed E-state index contributed by atoms with van der Waals surface area (Å²) >= 11 is 0. The second kappa shape index (κ2) is 6.61. The summed E-state index contributed by atoms with van der Waals surface area (Å²) in [6.07, 6.45) is 6.74. The maximum atomic E-state index is 13.6. The topological polar surface area (TPSA) is 60.4 Å². The van der Waals surface area contributed by atoms with Crippen molar-refractivity contribution in [1.29, 1.82) is 0 Å². The molecular formula is C24H31FO4. The molecule has 0 heterocycles. The Kier molecular flexibility index (Phi) is 4.67. The zero-order chi connectivity index (χ0) is 21.2. The molecule has 0 unspecified atom stereocenters. The highest BCUT2D eigenvalue weighted by molar-refractivity contribution is 5.93. The zero-order valence-corrected chi connectivity index (χ0v) is 17.7. The zero-order valence-electron chi connectivity index (χ0n) is 17.7. The number of hydrogen-bond donors (Lipinski definition) is 0. The van der Waals surface area contributed by atoms with Crippen LogP contribution < -0.4 is 0 Å². The fourth-order valence-corrected chi connectivity index (χ4v) is 7.60. The smallest absolute Gasteiger partial charge is 0.303 e. The van der Waals surface area contributed by atoms with Crippen LogP contribution in [0.1, 0.15) is 65.7 Å². The molecule has 29 heavy (non-hydrogen) atoms. The van der Waals surface area contributed by atoms with Gasteiger partial charge in [0, 0.05) is 18.8 Å². The molecule has 0 amide bonds. The number of carbonyl (C=O) groups is 3. The second-order valence-electron chi connectivity index (χ2n) is 10.1. The molecule has 0 bridgehead atoms. The number of alkyl halides is 1. The van der Waals surface area contributed by atoms with Crippen LogP contribution in [0.25, 0.3) is 0 Å². The van der Waals surface area contributed by atoms with Crippen LogP contribution in [0.2, 0.25) is 0 Å².